The highest BCUT2D eigenvalue weighted by molar-refractivity contribution is 6.21. The Labute approximate surface area is 241 Å². The summed E-state index contributed by atoms with van der Waals surface area (Å²) >= 11 is 13.3. The summed E-state index contributed by atoms with van der Waals surface area (Å²) in [5.74, 6) is 0. The summed E-state index contributed by atoms with van der Waals surface area (Å²) in [6, 6.07) is 9.16. The molecule has 2 aliphatic rings. The van der Waals surface area contributed by atoms with Gasteiger partial charge in [0.15, 0.2) is 0 Å². The van der Waals surface area contributed by atoms with E-state index in [9.17, 15) is 0 Å². The van der Waals surface area contributed by atoms with Crippen LogP contribution in [0.1, 0.15) is 36.8 Å². The summed E-state index contributed by atoms with van der Waals surface area (Å²) in [6.45, 7) is 15.9. The molecule has 6 N–H and O–H groups in total. The van der Waals surface area contributed by atoms with Crippen LogP contribution in [0.2, 0.25) is 0 Å². The fourth-order valence-electron chi connectivity index (χ4n) is 4.90. The van der Waals surface area contributed by atoms with Crippen molar-refractivity contribution in [3.05, 3.63) is 35.4 Å². The lowest BCUT2D eigenvalue weighted by Gasteiger charge is -2.29. The maximum atomic E-state index is 6.87. The van der Waals surface area contributed by atoms with E-state index in [4.69, 9.17) is 23.2 Å². The topological polar surface area (TPSA) is 78.7 Å². The van der Waals surface area contributed by atoms with Gasteiger partial charge in [-0.1, -0.05) is 24.3 Å². The molecule has 0 bridgehead atoms. The second kappa shape index (κ2) is 20.4. The highest BCUT2D eigenvalue weighted by Gasteiger charge is 2.18. The van der Waals surface area contributed by atoms with E-state index in [-0.39, 0.29) is 11.0 Å². The largest absolute Gasteiger partial charge is 0.315 e. The smallest absolute Gasteiger partial charge is 0.0979 e. The predicted molar refractivity (Wildman–Crippen MR) is 162 cm³/mol. The van der Waals surface area contributed by atoms with Crippen LogP contribution in [0.3, 0.4) is 0 Å². The van der Waals surface area contributed by atoms with E-state index in [0.29, 0.717) is 6.54 Å². The van der Waals surface area contributed by atoms with E-state index in [1.54, 1.807) is 0 Å². The molecule has 10 heteroatoms. The third-order valence-corrected chi connectivity index (χ3v) is 7.99. The fourth-order valence-corrected chi connectivity index (χ4v) is 5.36. The lowest BCUT2D eigenvalue weighted by atomic mass is 10.1. The van der Waals surface area contributed by atoms with Gasteiger partial charge in [-0.05, 0) is 76.1 Å². The van der Waals surface area contributed by atoms with Crippen LogP contribution in [0.5, 0.6) is 0 Å². The number of halogens is 2. The quantitative estimate of drug-likeness (QED) is 0.240. The first-order valence-corrected chi connectivity index (χ1v) is 15.7. The van der Waals surface area contributed by atoms with Crippen LogP contribution in [0.4, 0.5) is 0 Å². The van der Waals surface area contributed by atoms with Crippen LogP contribution in [-0.2, 0) is 13.1 Å². The standard InChI is InChI=1S/C28H52Cl2N8/c29-27-8-13-35-17-16-33-12-3-20-38(28(30)22-36-27)24-26-6-4-25(5-7-26)23-37-19-2-11-32-15-14-31-9-1-10-34-18-21-37/h4-7,27-28,31-36H,1-3,8-24H2. The molecule has 8 nitrogen and oxygen atoms in total. The molecule has 218 valence electrons. The number of hydrogen-bond donors (Lipinski definition) is 6. The zero-order valence-electron chi connectivity index (χ0n) is 23.3. The molecule has 3 rings (SSSR count). The maximum Gasteiger partial charge on any atom is 0.0979 e. The van der Waals surface area contributed by atoms with Gasteiger partial charge in [0.1, 0.15) is 0 Å². The van der Waals surface area contributed by atoms with E-state index >= 15 is 0 Å². The van der Waals surface area contributed by atoms with E-state index in [1.807, 2.05) is 0 Å². The lowest BCUT2D eigenvalue weighted by molar-refractivity contribution is 0.232. The monoisotopic (exact) mass is 570 g/mol. The third kappa shape index (κ3) is 14.2. The first-order chi connectivity index (χ1) is 18.7. The highest BCUT2D eigenvalue weighted by atomic mass is 35.5. The summed E-state index contributed by atoms with van der Waals surface area (Å²) < 4.78 is 0. The van der Waals surface area contributed by atoms with Gasteiger partial charge in [-0.3, -0.25) is 15.1 Å². The van der Waals surface area contributed by atoms with Crippen LogP contribution in [-0.4, -0.2) is 112 Å². The molecule has 0 amide bonds. The molecule has 0 spiro atoms. The van der Waals surface area contributed by atoms with Crippen molar-refractivity contribution in [3.63, 3.8) is 0 Å². The molecule has 0 radical (unpaired) electrons. The van der Waals surface area contributed by atoms with Gasteiger partial charge in [0.25, 0.3) is 0 Å². The summed E-state index contributed by atoms with van der Waals surface area (Å²) in [7, 11) is 0. The van der Waals surface area contributed by atoms with Gasteiger partial charge in [0.2, 0.25) is 0 Å². The lowest BCUT2D eigenvalue weighted by Crippen LogP contribution is -2.43. The molecule has 1 aromatic carbocycles. The van der Waals surface area contributed by atoms with Crippen molar-refractivity contribution in [1.29, 1.82) is 0 Å². The Bertz CT molecular complexity index is 697. The number of benzene rings is 1. The van der Waals surface area contributed by atoms with Gasteiger partial charge in [0, 0.05) is 65.4 Å². The zero-order chi connectivity index (χ0) is 26.7. The maximum absolute atomic E-state index is 6.87. The van der Waals surface area contributed by atoms with Crippen LogP contribution in [0.25, 0.3) is 0 Å². The molecule has 2 atom stereocenters. The van der Waals surface area contributed by atoms with Crippen molar-refractivity contribution in [2.24, 2.45) is 0 Å². The molecular formula is C28H52Cl2N8. The van der Waals surface area contributed by atoms with Gasteiger partial charge in [-0.15, -0.1) is 23.2 Å². The van der Waals surface area contributed by atoms with Crippen LogP contribution < -0.4 is 31.9 Å². The van der Waals surface area contributed by atoms with Crippen molar-refractivity contribution in [2.45, 2.75) is 49.8 Å². The molecule has 0 aromatic heterocycles. The van der Waals surface area contributed by atoms with Crippen molar-refractivity contribution < 1.29 is 0 Å². The van der Waals surface area contributed by atoms with Crippen molar-refractivity contribution in [1.82, 2.24) is 41.7 Å². The molecular weight excluding hydrogens is 519 g/mol. The van der Waals surface area contributed by atoms with Crippen molar-refractivity contribution in [3.8, 4) is 0 Å². The first kappa shape index (κ1) is 32.0. The van der Waals surface area contributed by atoms with Crippen molar-refractivity contribution >= 4 is 23.2 Å². The highest BCUT2D eigenvalue weighted by Crippen LogP contribution is 2.15. The number of alkyl halides is 2. The average Bonchev–Trinajstić information content (AvgIpc) is 2.92. The van der Waals surface area contributed by atoms with Crippen molar-refractivity contribution in [2.75, 3.05) is 91.6 Å². The Morgan fingerprint density at radius 1 is 0.605 bits per heavy atom. The molecule has 2 aliphatic heterocycles. The second-order valence-electron chi connectivity index (χ2n) is 10.5. The van der Waals surface area contributed by atoms with Crippen LogP contribution in [0.15, 0.2) is 24.3 Å². The molecule has 1 aromatic rings. The van der Waals surface area contributed by atoms with Gasteiger partial charge in [0.05, 0.1) is 11.0 Å². The van der Waals surface area contributed by atoms with Gasteiger partial charge in [-0.2, -0.15) is 0 Å². The minimum Gasteiger partial charge on any atom is -0.315 e. The number of nitrogens with zero attached hydrogens (tertiary/aromatic N) is 2. The first-order valence-electron chi connectivity index (χ1n) is 14.8. The SMILES string of the molecule is ClC1CCNCCNCCCN(Cc2ccc(CN3CCCNCCNCCCNCC3)cc2)C(Cl)CN1. The normalized spacial score (nSPS) is 26.3. The van der Waals surface area contributed by atoms with Gasteiger partial charge in [-0.25, -0.2) is 0 Å². The Hall–Kier alpha value is -0.520. The second-order valence-corrected chi connectivity index (χ2v) is 11.5. The van der Waals surface area contributed by atoms with Crippen LogP contribution in [0, 0.1) is 0 Å². The molecule has 0 aliphatic carbocycles. The Morgan fingerprint density at radius 2 is 1.16 bits per heavy atom. The molecule has 2 fully saturated rings. The Kier molecular flexibility index (Phi) is 17.2. The van der Waals surface area contributed by atoms with E-state index in [2.05, 4.69) is 66.0 Å². The number of rotatable bonds is 4. The molecule has 0 saturated carbocycles. The Morgan fingerprint density at radius 3 is 1.84 bits per heavy atom. The van der Waals surface area contributed by atoms with E-state index in [1.165, 1.54) is 24.0 Å². The Balaban J connectivity index is 1.51. The summed E-state index contributed by atoms with van der Waals surface area (Å²) in [6.07, 6.45) is 4.30. The molecule has 2 unspecified atom stereocenters. The van der Waals surface area contributed by atoms with Crippen LogP contribution >= 0.6 is 23.2 Å². The van der Waals surface area contributed by atoms with Gasteiger partial charge < -0.3 is 26.6 Å². The minimum atomic E-state index is -0.0976. The van der Waals surface area contributed by atoms with E-state index in [0.717, 1.165) is 111 Å². The number of nitrogens with one attached hydrogen (secondary N) is 6. The van der Waals surface area contributed by atoms with Gasteiger partial charge >= 0.3 is 0 Å². The third-order valence-electron chi connectivity index (χ3n) is 7.19. The summed E-state index contributed by atoms with van der Waals surface area (Å²) in [5, 5.41) is 21.0. The predicted octanol–water partition coefficient (Wildman–Crippen LogP) is 1.55. The molecule has 38 heavy (non-hydrogen) atoms. The molecule has 2 saturated heterocycles. The molecule has 2 heterocycles. The average molecular weight is 572 g/mol. The minimum absolute atomic E-state index is 0.0662. The van der Waals surface area contributed by atoms with E-state index < -0.39 is 0 Å². The summed E-state index contributed by atoms with van der Waals surface area (Å²) in [4.78, 5) is 4.95. The number of hydrogen-bond acceptors (Lipinski definition) is 8. The summed E-state index contributed by atoms with van der Waals surface area (Å²) in [5.41, 5.74) is 2.52. The fraction of sp³-hybridized carbons (Fsp3) is 0.786. The zero-order valence-corrected chi connectivity index (χ0v) is 24.8.